The van der Waals surface area contributed by atoms with Crippen molar-refractivity contribution in [1.29, 1.82) is 0 Å². The molecular weight excluding hydrogens is 266 g/mol. The van der Waals surface area contributed by atoms with Crippen LogP contribution < -0.4 is 9.88 Å². The maximum atomic E-state index is 11.4. The Bertz CT molecular complexity index is 562. The van der Waals surface area contributed by atoms with Gasteiger partial charge in [-0.3, -0.25) is 0 Å². The molecule has 1 aromatic rings. The molecule has 19 heavy (non-hydrogen) atoms. The van der Waals surface area contributed by atoms with Gasteiger partial charge in [0.25, 0.3) is 0 Å². The molecule has 0 bridgehead atoms. The molecule has 1 aliphatic heterocycles. The number of sulfonamides is 1. The number of ether oxygens (including phenoxy) is 2. The molecule has 0 radical (unpaired) electrons. The first-order valence-electron chi connectivity index (χ1n) is 6.27. The van der Waals surface area contributed by atoms with Gasteiger partial charge < -0.3 is 9.47 Å². The van der Waals surface area contributed by atoms with Gasteiger partial charge in [0.05, 0.1) is 11.5 Å². The van der Waals surface area contributed by atoms with E-state index in [2.05, 4.69) is 0 Å². The summed E-state index contributed by atoms with van der Waals surface area (Å²) in [6, 6.07) is 3.16. The summed E-state index contributed by atoms with van der Waals surface area (Å²) >= 11 is 0. The zero-order valence-electron chi connectivity index (χ0n) is 11.2. The molecule has 0 spiro atoms. The van der Waals surface area contributed by atoms with Gasteiger partial charge in [-0.05, 0) is 49.9 Å². The first-order chi connectivity index (χ1) is 8.89. The van der Waals surface area contributed by atoms with Crippen molar-refractivity contribution in [2.24, 2.45) is 5.14 Å². The van der Waals surface area contributed by atoms with Crippen LogP contribution in [0.15, 0.2) is 17.0 Å². The number of benzene rings is 1. The molecule has 1 atom stereocenters. The van der Waals surface area contributed by atoms with Gasteiger partial charge >= 0.3 is 0 Å². The van der Waals surface area contributed by atoms with Crippen LogP contribution in [-0.4, -0.2) is 27.7 Å². The first kappa shape index (κ1) is 14.3. The molecule has 0 aliphatic carbocycles. The lowest BCUT2D eigenvalue weighted by Crippen LogP contribution is -2.28. The fourth-order valence-electron chi connectivity index (χ4n) is 2.19. The molecule has 1 fully saturated rings. The monoisotopic (exact) mass is 285 g/mol. The first-order valence-corrected chi connectivity index (χ1v) is 7.81. The summed E-state index contributed by atoms with van der Waals surface area (Å²) in [5, 5.41) is 5.17. The molecular formula is C13H19NO4S. The lowest BCUT2D eigenvalue weighted by atomic mass is 10.1. The van der Waals surface area contributed by atoms with Gasteiger partial charge in [0.15, 0.2) is 0 Å². The second kappa shape index (κ2) is 5.48. The molecule has 5 nitrogen and oxygen atoms in total. The number of hydrogen-bond donors (Lipinski definition) is 1. The molecule has 1 aliphatic rings. The zero-order chi connectivity index (χ0) is 14.0. The Morgan fingerprint density at radius 1 is 1.32 bits per heavy atom. The molecule has 1 aromatic carbocycles. The summed E-state index contributed by atoms with van der Waals surface area (Å²) in [5.74, 6) is 0.695. The van der Waals surface area contributed by atoms with E-state index in [-0.39, 0.29) is 11.0 Å². The highest BCUT2D eigenvalue weighted by Gasteiger charge is 2.19. The summed E-state index contributed by atoms with van der Waals surface area (Å²) < 4.78 is 34.1. The largest absolute Gasteiger partial charge is 0.488 e. The predicted molar refractivity (Wildman–Crippen MR) is 71.8 cm³/mol. The topological polar surface area (TPSA) is 78.6 Å². The van der Waals surface area contributed by atoms with Crippen molar-refractivity contribution in [1.82, 2.24) is 0 Å². The highest BCUT2D eigenvalue weighted by atomic mass is 32.2. The van der Waals surface area contributed by atoms with Crippen LogP contribution in [0, 0.1) is 13.8 Å². The summed E-state index contributed by atoms with van der Waals surface area (Å²) in [6.45, 7) is 4.93. The van der Waals surface area contributed by atoms with Crippen molar-refractivity contribution in [2.45, 2.75) is 37.7 Å². The Hall–Kier alpha value is -1.11. The Balaban J connectivity index is 2.26. The van der Waals surface area contributed by atoms with E-state index in [1.165, 1.54) is 6.07 Å². The molecule has 1 unspecified atom stereocenters. The summed E-state index contributed by atoms with van der Waals surface area (Å²) in [5.41, 5.74) is 1.44. The van der Waals surface area contributed by atoms with Crippen molar-refractivity contribution in [2.75, 3.05) is 13.2 Å². The Morgan fingerprint density at radius 3 is 2.63 bits per heavy atom. The third-order valence-electron chi connectivity index (χ3n) is 3.41. The Kier molecular flexibility index (Phi) is 4.13. The molecule has 0 aromatic heterocycles. The van der Waals surface area contributed by atoms with Crippen molar-refractivity contribution in [3.05, 3.63) is 23.3 Å². The SMILES string of the molecule is Cc1c(OC2CCCOC2)ccc(S(N)(=O)=O)c1C. The zero-order valence-corrected chi connectivity index (χ0v) is 12.0. The molecule has 1 saturated heterocycles. The van der Waals surface area contributed by atoms with E-state index in [0.29, 0.717) is 17.9 Å². The summed E-state index contributed by atoms with van der Waals surface area (Å²) in [6.07, 6.45) is 1.97. The van der Waals surface area contributed by atoms with Crippen molar-refractivity contribution in [3.63, 3.8) is 0 Å². The van der Waals surface area contributed by atoms with Crippen LogP contribution in [0.2, 0.25) is 0 Å². The van der Waals surface area contributed by atoms with Gasteiger partial charge in [-0.1, -0.05) is 0 Å². The van der Waals surface area contributed by atoms with E-state index in [1.807, 2.05) is 6.92 Å². The molecule has 106 valence electrons. The normalized spacial score (nSPS) is 20.3. The quantitative estimate of drug-likeness (QED) is 0.913. The molecule has 2 rings (SSSR count). The van der Waals surface area contributed by atoms with Crippen LogP contribution >= 0.6 is 0 Å². The highest BCUT2D eigenvalue weighted by molar-refractivity contribution is 7.89. The minimum Gasteiger partial charge on any atom is -0.488 e. The molecule has 2 N–H and O–H groups in total. The molecule has 6 heteroatoms. The fourth-order valence-corrected chi connectivity index (χ4v) is 3.03. The fraction of sp³-hybridized carbons (Fsp3) is 0.538. The molecule has 1 heterocycles. The van der Waals surface area contributed by atoms with Crippen LogP contribution in [0.1, 0.15) is 24.0 Å². The third kappa shape index (κ3) is 3.26. The highest BCUT2D eigenvalue weighted by Crippen LogP contribution is 2.28. The lowest BCUT2D eigenvalue weighted by molar-refractivity contribution is 0.00710. The number of primary sulfonamides is 1. The summed E-state index contributed by atoms with van der Waals surface area (Å²) in [7, 11) is -3.69. The van der Waals surface area contributed by atoms with E-state index >= 15 is 0 Å². The minimum atomic E-state index is -3.69. The Labute approximate surface area is 113 Å². The standard InChI is InChI=1S/C13H19NO4S/c1-9-10(2)13(19(14,15)16)6-5-12(9)18-11-4-3-7-17-8-11/h5-6,11H,3-4,7-8H2,1-2H3,(H2,14,15,16). The van der Waals surface area contributed by atoms with Crippen LogP contribution in [-0.2, 0) is 14.8 Å². The van der Waals surface area contributed by atoms with E-state index in [0.717, 1.165) is 25.0 Å². The van der Waals surface area contributed by atoms with E-state index in [9.17, 15) is 8.42 Å². The van der Waals surface area contributed by atoms with Gasteiger partial charge in [0, 0.05) is 6.61 Å². The average molecular weight is 285 g/mol. The maximum absolute atomic E-state index is 11.4. The Morgan fingerprint density at radius 2 is 2.05 bits per heavy atom. The van der Waals surface area contributed by atoms with Crippen LogP contribution in [0.5, 0.6) is 5.75 Å². The number of nitrogens with two attached hydrogens (primary N) is 1. The summed E-state index contributed by atoms with van der Waals surface area (Å²) in [4.78, 5) is 0.150. The van der Waals surface area contributed by atoms with Gasteiger partial charge in [-0.25, -0.2) is 13.6 Å². The van der Waals surface area contributed by atoms with E-state index in [1.54, 1.807) is 13.0 Å². The molecule has 0 amide bonds. The van der Waals surface area contributed by atoms with Crippen LogP contribution in [0.3, 0.4) is 0 Å². The smallest absolute Gasteiger partial charge is 0.238 e. The van der Waals surface area contributed by atoms with Crippen molar-refractivity contribution < 1.29 is 17.9 Å². The van der Waals surface area contributed by atoms with Gasteiger partial charge in [-0.2, -0.15) is 0 Å². The second-order valence-corrected chi connectivity index (χ2v) is 6.34. The second-order valence-electron chi connectivity index (χ2n) is 4.81. The third-order valence-corrected chi connectivity index (χ3v) is 4.46. The van der Waals surface area contributed by atoms with Gasteiger partial charge in [0.2, 0.25) is 10.0 Å². The van der Waals surface area contributed by atoms with Crippen LogP contribution in [0.25, 0.3) is 0 Å². The van der Waals surface area contributed by atoms with E-state index in [4.69, 9.17) is 14.6 Å². The van der Waals surface area contributed by atoms with Crippen molar-refractivity contribution in [3.8, 4) is 5.75 Å². The van der Waals surface area contributed by atoms with Crippen LogP contribution in [0.4, 0.5) is 0 Å². The van der Waals surface area contributed by atoms with Crippen molar-refractivity contribution >= 4 is 10.0 Å². The number of hydrogen-bond acceptors (Lipinski definition) is 4. The molecule has 0 saturated carbocycles. The lowest BCUT2D eigenvalue weighted by Gasteiger charge is -2.24. The van der Waals surface area contributed by atoms with Gasteiger partial charge in [-0.15, -0.1) is 0 Å². The predicted octanol–water partition coefficient (Wildman–Crippen LogP) is 1.51. The maximum Gasteiger partial charge on any atom is 0.238 e. The number of rotatable bonds is 3. The van der Waals surface area contributed by atoms with E-state index < -0.39 is 10.0 Å². The van der Waals surface area contributed by atoms with Gasteiger partial charge in [0.1, 0.15) is 11.9 Å². The average Bonchev–Trinajstić information content (AvgIpc) is 2.35. The minimum absolute atomic E-state index is 0.0344.